The van der Waals surface area contributed by atoms with Crippen LogP contribution in [0.3, 0.4) is 0 Å². The molecule has 2 aromatic rings. The van der Waals surface area contributed by atoms with Gasteiger partial charge in [-0.15, -0.1) is 5.10 Å². The quantitative estimate of drug-likeness (QED) is 0.708. The zero-order valence-corrected chi connectivity index (χ0v) is 9.48. The number of carbonyl (C=O) groups excluding carboxylic acids is 2. The van der Waals surface area contributed by atoms with Gasteiger partial charge in [0.1, 0.15) is 5.52 Å². The number of amides is 2. The van der Waals surface area contributed by atoms with E-state index in [-0.39, 0.29) is 23.7 Å². The van der Waals surface area contributed by atoms with Crippen molar-refractivity contribution in [3.63, 3.8) is 0 Å². The average Bonchev–Trinajstić information content (AvgIpc) is 2.93. The minimum absolute atomic E-state index is 0.0632. The summed E-state index contributed by atoms with van der Waals surface area (Å²) >= 11 is 1.30. The molecule has 0 unspecified atom stereocenters. The maximum absolute atomic E-state index is 11.9. The predicted octanol–water partition coefficient (Wildman–Crippen LogP) is 1.20. The summed E-state index contributed by atoms with van der Waals surface area (Å²) in [5.41, 5.74) is 1.35. The third-order valence-electron chi connectivity index (χ3n) is 3.35. The van der Waals surface area contributed by atoms with Gasteiger partial charge in [0, 0.05) is 0 Å². The Balaban J connectivity index is 1.83. The number of anilines is 1. The van der Waals surface area contributed by atoms with E-state index in [0.29, 0.717) is 5.69 Å². The van der Waals surface area contributed by atoms with Crippen LogP contribution in [-0.2, 0) is 9.59 Å². The van der Waals surface area contributed by atoms with Crippen molar-refractivity contribution >= 4 is 39.3 Å². The highest BCUT2D eigenvalue weighted by Gasteiger charge is 2.59. The van der Waals surface area contributed by atoms with E-state index in [1.54, 1.807) is 12.1 Å². The summed E-state index contributed by atoms with van der Waals surface area (Å²) in [6.45, 7) is 0. The van der Waals surface area contributed by atoms with Crippen LogP contribution < -0.4 is 4.90 Å². The molecule has 4 rings (SSSR count). The highest BCUT2D eigenvalue weighted by molar-refractivity contribution is 7.12. The lowest BCUT2D eigenvalue weighted by Crippen LogP contribution is -2.32. The molecule has 84 valence electrons. The van der Waals surface area contributed by atoms with Crippen molar-refractivity contribution in [2.45, 2.75) is 6.42 Å². The topological polar surface area (TPSA) is 63.2 Å². The third-order valence-corrected chi connectivity index (χ3v) is 4.06. The van der Waals surface area contributed by atoms with Crippen molar-refractivity contribution in [3.8, 4) is 0 Å². The normalized spacial score (nSPS) is 26.7. The van der Waals surface area contributed by atoms with Crippen LogP contribution in [0.15, 0.2) is 18.2 Å². The maximum Gasteiger partial charge on any atom is 0.237 e. The molecule has 2 fully saturated rings. The van der Waals surface area contributed by atoms with E-state index >= 15 is 0 Å². The molecule has 2 atom stereocenters. The predicted molar refractivity (Wildman–Crippen MR) is 61.5 cm³/mol. The monoisotopic (exact) mass is 245 g/mol. The number of hydrogen-bond acceptors (Lipinski definition) is 5. The first kappa shape index (κ1) is 9.23. The Morgan fingerprint density at radius 3 is 2.76 bits per heavy atom. The van der Waals surface area contributed by atoms with Crippen LogP contribution in [0.2, 0.25) is 0 Å². The second-order valence-corrected chi connectivity index (χ2v) is 5.17. The largest absolute Gasteiger partial charge is 0.274 e. The number of rotatable bonds is 1. The van der Waals surface area contributed by atoms with Crippen LogP contribution in [0.4, 0.5) is 5.69 Å². The molecule has 2 heterocycles. The summed E-state index contributed by atoms with van der Waals surface area (Å²) in [7, 11) is 0. The summed E-state index contributed by atoms with van der Waals surface area (Å²) in [5.74, 6) is -0.261. The molecule has 0 bridgehead atoms. The van der Waals surface area contributed by atoms with Gasteiger partial charge < -0.3 is 0 Å². The number of nitrogens with zero attached hydrogens (tertiary/aromatic N) is 3. The van der Waals surface area contributed by atoms with Gasteiger partial charge in [0.25, 0.3) is 0 Å². The van der Waals surface area contributed by atoms with E-state index in [9.17, 15) is 9.59 Å². The smallest absolute Gasteiger partial charge is 0.237 e. The van der Waals surface area contributed by atoms with Crippen LogP contribution >= 0.6 is 11.5 Å². The van der Waals surface area contributed by atoms with Crippen LogP contribution in [-0.4, -0.2) is 21.4 Å². The van der Waals surface area contributed by atoms with Crippen LogP contribution in [0.1, 0.15) is 6.42 Å². The molecule has 2 amide bonds. The molecule has 1 aliphatic carbocycles. The van der Waals surface area contributed by atoms with Crippen molar-refractivity contribution in [2.75, 3.05) is 4.90 Å². The molecule has 1 aliphatic heterocycles. The van der Waals surface area contributed by atoms with Crippen molar-refractivity contribution in [1.82, 2.24) is 9.59 Å². The lowest BCUT2D eigenvalue weighted by molar-refractivity contribution is -0.123. The fourth-order valence-electron chi connectivity index (χ4n) is 2.34. The van der Waals surface area contributed by atoms with Gasteiger partial charge in [-0.1, -0.05) is 4.49 Å². The van der Waals surface area contributed by atoms with E-state index in [1.807, 2.05) is 6.07 Å². The number of imide groups is 1. The molecule has 5 nitrogen and oxygen atoms in total. The second kappa shape index (κ2) is 2.89. The SMILES string of the molecule is O=C1[C@H]2C[C@@H]2C(=O)N1c1ccc2snnc2c1. The Kier molecular flexibility index (Phi) is 1.57. The number of fused-ring (bicyclic) bond motifs is 2. The van der Waals surface area contributed by atoms with Gasteiger partial charge in [0.2, 0.25) is 11.8 Å². The third kappa shape index (κ3) is 1.13. The molecule has 1 saturated carbocycles. The van der Waals surface area contributed by atoms with E-state index in [1.165, 1.54) is 16.4 Å². The number of aromatic nitrogens is 2. The lowest BCUT2D eigenvalue weighted by Gasteiger charge is -2.15. The minimum atomic E-state index is -0.0671. The lowest BCUT2D eigenvalue weighted by atomic mass is 10.2. The summed E-state index contributed by atoms with van der Waals surface area (Å²) in [5, 5.41) is 3.95. The first-order chi connectivity index (χ1) is 8.25. The van der Waals surface area contributed by atoms with Gasteiger partial charge in [0.05, 0.1) is 22.2 Å². The van der Waals surface area contributed by atoms with Gasteiger partial charge in [-0.3, -0.25) is 9.59 Å². The summed E-state index contributed by atoms with van der Waals surface area (Å²) < 4.78 is 4.79. The van der Waals surface area contributed by atoms with E-state index in [0.717, 1.165) is 16.6 Å². The molecule has 0 radical (unpaired) electrons. The highest BCUT2D eigenvalue weighted by atomic mass is 32.1. The van der Waals surface area contributed by atoms with E-state index < -0.39 is 0 Å². The molecule has 2 aliphatic rings. The molecule has 0 N–H and O–H groups in total. The van der Waals surface area contributed by atoms with Crippen LogP contribution in [0, 0.1) is 11.8 Å². The van der Waals surface area contributed by atoms with E-state index in [2.05, 4.69) is 9.59 Å². The Hall–Kier alpha value is -1.82. The van der Waals surface area contributed by atoms with Gasteiger partial charge in [-0.2, -0.15) is 0 Å². The molecule has 6 heteroatoms. The number of benzene rings is 1. The Labute approximate surface area is 100 Å². The van der Waals surface area contributed by atoms with Gasteiger partial charge in [0.15, 0.2) is 0 Å². The van der Waals surface area contributed by atoms with Crippen molar-refractivity contribution in [1.29, 1.82) is 0 Å². The molecule has 1 aromatic heterocycles. The highest BCUT2D eigenvalue weighted by Crippen LogP contribution is 2.48. The van der Waals surface area contributed by atoms with Crippen molar-refractivity contribution in [2.24, 2.45) is 11.8 Å². The molecule has 1 saturated heterocycles. The van der Waals surface area contributed by atoms with Crippen LogP contribution in [0.5, 0.6) is 0 Å². The molecular formula is C11H7N3O2S. The van der Waals surface area contributed by atoms with E-state index in [4.69, 9.17) is 0 Å². The Morgan fingerprint density at radius 2 is 2.00 bits per heavy atom. The zero-order valence-electron chi connectivity index (χ0n) is 8.66. The summed E-state index contributed by atoms with van der Waals surface area (Å²) in [4.78, 5) is 25.1. The molecular weight excluding hydrogens is 238 g/mol. The standard InChI is InChI=1S/C11H7N3O2S/c15-10-6-4-7(6)11(16)14(10)5-1-2-9-8(3-5)12-13-17-9/h1-3,6-7H,4H2/t6-,7-/m0/s1. The van der Waals surface area contributed by atoms with Gasteiger partial charge in [-0.05, 0) is 36.2 Å². The Morgan fingerprint density at radius 1 is 1.24 bits per heavy atom. The molecule has 1 aromatic carbocycles. The first-order valence-electron chi connectivity index (χ1n) is 5.35. The Bertz CT molecular complexity index is 646. The number of carbonyl (C=O) groups is 2. The van der Waals surface area contributed by atoms with Crippen LogP contribution in [0.25, 0.3) is 10.2 Å². The second-order valence-electron chi connectivity index (χ2n) is 4.39. The van der Waals surface area contributed by atoms with Gasteiger partial charge >= 0.3 is 0 Å². The first-order valence-corrected chi connectivity index (χ1v) is 6.13. The molecule has 0 spiro atoms. The number of hydrogen-bond donors (Lipinski definition) is 0. The van der Waals surface area contributed by atoms with Crippen molar-refractivity contribution < 1.29 is 9.59 Å². The number of piperidine rings is 1. The zero-order chi connectivity index (χ0) is 11.6. The molecule has 17 heavy (non-hydrogen) atoms. The maximum atomic E-state index is 11.9. The van der Waals surface area contributed by atoms with Gasteiger partial charge in [-0.25, -0.2) is 4.90 Å². The minimum Gasteiger partial charge on any atom is -0.274 e. The average molecular weight is 245 g/mol. The summed E-state index contributed by atoms with van der Waals surface area (Å²) in [6.07, 6.45) is 0.731. The fourth-order valence-corrected chi connectivity index (χ4v) is 2.88. The van der Waals surface area contributed by atoms with Crippen molar-refractivity contribution in [3.05, 3.63) is 18.2 Å². The fraction of sp³-hybridized carbons (Fsp3) is 0.273. The summed E-state index contributed by atoms with van der Waals surface area (Å²) in [6, 6.07) is 5.38.